The zero-order valence-electron chi connectivity index (χ0n) is 9.07. The zero-order valence-corrected chi connectivity index (χ0v) is 9.07. The summed E-state index contributed by atoms with van der Waals surface area (Å²) < 4.78 is 38.5. The summed E-state index contributed by atoms with van der Waals surface area (Å²) in [5.74, 6) is -0.524. The third-order valence-electron chi connectivity index (χ3n) is 2.50. The highest BCUT2D eigenvalue weighted by Gasteiger charge is 2.33. The van der Waals surface area contributed by atoms with Crippen LogP contribution in [-0.2, 0) is 6.18 Å². The minimum atomic E-state index is -4.52. The second-order valence-electron chi connectivity index (χ2n) is 3.74. The van der Waals surface area contributed by atoms with Crippen LogP contribution in [-0.4, -0.2) is 10.2 Å². The summed E-state index contributed by atoms with van der Waals surface area (Å²) in [7, 11) is 0. The topological polar surface area (TPSA) is 40.5 Å². The molecular weight excluding hydrogens is 245 g/mol. The largest absolute Gasteiger partial charge is 0.508 e. The van der Waals surface area contributed by atoms with Crippen LogP contribution in [0.5, 0.6) is 11.5 Å². The van der Waals surface area contributed by atoms with Gasteiger partial charge in [0.2, 0.25) is 0 Å². The van der Waals surface area contributed by atoms with Crippen molar-refractivity contribution in [3.63, 3.8) is 0 Å². The molecule has 0 saturated carbocycles. The zero-order chi connectivity index (χ0) is 13.3. The summed E-state index contributed by atoms with van der Waals surface area (Å²) in [5.41, 5.74) is -1.08. The lowest BCUT2D eigenvalue weighted by Crippen LogP contribution is -2.06. The van der Waals surface area contributed by atoms with Crippen molar-refractivity contribution in [2.75, 3.05) is 0 Å². The molecule has 0 unspecified atom stereocenters. The maximum Gasteiger partial charge on any atom is 0.417 e. The number of halogens is 3. The van der Waals surface area contributed by atoms with Gasteiger partial charge in [-0.1, -0.05) is 18.2 Å². The van der Waals surface area contributed by atoms with Crippen LogP contribution in [0.3, 0.4) is 0 Å². The number of rotatable bonds is 1. The van der Waals surface area contributed by atoms with E-state index >= 15 is 0 Å². The van der Waals surface area contributed by atoms with Crippen LogP contribution in [0.15, 0.2) is 42.5 Å². The molecule has 0 aliphatic rings. The first-order chi connectivity index (χ1) is 8.39. The Morgan fingerprint density at radius 1 is 0.833 bits per heavy atom. The number of alkyl halides is 3. The van der Waals surface area contributed by atoms with Gasteiger partial charge in [-0.2, -0.15) is 13.2 Å². The number of phenols is 2. The van der Waals surface area contributed by atoms with E-state index in [1.54, 1.807) is 0 Å². The fourth-order valence-corrected chi connectivity index (χ4v) is 1.70. The highest BCUT2D eigenvalue weighted by atomic mass is 19.4. The lowest BCUT2D eigenvalue weighted by atomic mass is 9.98. The molecule has 0 saturated heterocycles. The summed E-state index contributed by atoms with van der Waals surface area (Å²) in [6, 6.07) is 8.34. The molecule has 0 aliphatic heterocycles. The normalized spacial score (nSPS) is 11.5. The number of hydrogen-bond acceptors (Lipinski definition) is 2. The maximum absolute atomic E-state index is 12.8. The summed E-state index contributed by atoms with van der Waals surface area (Å²) >= 11 is 0. The number of hydrogen-bond donors (Lipinski definition) is 2. The third-order valence-corrected chi connectivity index (χ3v) is 2.50. The first-order valence-corrected chi connectivity index (χ1v) is 5.08. The van der Waals surface area contributed by atoms with Gasteiger partial charge in [-0.05, 0) is 29.8 Å². The minimum absolute atomic E-state index is 0.0528. The molecule has 0 aliphatic carbocycles. The van der Waals surface area contributed by atoms with Crippen LogP contribution < -0.4 is 0 Å². The smallest absolute Gasteiger partial charge is 0.417 e. The van der Waals surface area contributed by atoms with E-state index in [4.69, 9.17) is 0 Å². The third kappa shape index (κ3) is 2.25. The highest BCUT2D eigenvalue weighted by Crippen LogP contribution is 2.40. The van der Waals surface area contributed by atoms with Gasteiger partial charge in [-0.25, -0.2) is 0 Å². The van der Waals surface area contributed by atoms with Crippen LogP contribution in [0.25, 0.3) is 11.1 Å². The molecular formula is C13H9F3O2. The Hall–Kier alpha value is -2.17. The van der Waals surface area contributed by atoms with Crippen molar-refractivity contribution in [2.24, 2.45) is 0 Å². The van der Waals surface area contributed by atoms with Gasteiger partial charge in [0.1, 0.15) is 11.5 Å². The SMILES string of the molecule is Oc1ccc(O)c(-c2ccccc2C(F)(F)F)c1. The van der Waals surface area contributed by atoms with E-state index in [1.165, 1.54) is 24.3 Å². The van der Waals surface area contributed by atoms with Crippen molar-refractivity contribution in [2.45, 2.75) is 6.18 Å². The predicted octanol–water partition coefficient (Wildman–Crippen LogP) is 3.78. The van der Waals surface area contributed by atoms with Gasteiger partial charge in [0.25, 0.3) is 0 Å². The van der Waals surface area contributed by atoms with Crippen molar-refractivity contribution in [1.82, 2.24) is 0 Å². The van der Waals surface area contributed by atoms with Crippen molar-refractivity contribution in [3.8, 4) is 22.6 Å². The molecule has 18 heavy (non-hydrogen) atoms. The maximum atomic E-state index is 12.8. The molecule has 2 rings (SSSR count). The molecule has 0 amide bonds. The lowest BCUT2D eigenvalue weighted by molar-refractivity contribution is -0.137. The number of benzene rings is 2. The monoisotopic (exact) mass is 254 g/mol. The summed E-state index contributed by atoms with van der Waals surface area (Å²) in [5, 5.41) is 18.9. The van der Waals surface area contributed by atoms with Gasteiger partial charge < -0.3 is 10.2 Å². The first kappa shape index (κ1) is 12.3. The van der Waals surface area contributed by atoms with Crippen LogP contribution in [0.1, 0.15) is 5.56 Å². The van der Waals surface area contributed by atoms with E-state index in [1.807, 2.05) is 0 Å². The van der Waals surface area contributed by atoms with Crippen molar-refractivity contribution in [1.29, 1.82) is 0 Å². The Morgan fingerprint density at radius 2 is 1.50 bits per heavy atom. The summed E-state index contributed by atoms with van der Waals surface area (Å²) in [6.45, 7) is 0. The Bertz CT molecular complexity index is 577. The van der Waals surface area contributed by atoms with E-state index < -0.39 is 11.7 Å². The van der Waals surface area contributed by atoms with Gasteiger partial charge in [0, 0.05) is 5.56 Å². The van der Waals surface area contributed by atoms with Gasteiger partial charge >= 0.3 is 6.18 Å². The van der Waals surface area contributed by atoms with Gasteiger partial charge in [-0.15, -0.1) is 0 Å². The summed E-state index contributed by atoms with van der Waals surface area (Å²) in [4.78, 5) is 0. The van der Waals surface area contributed by atoms with Crippen LogP contribution in [0.2, 0.25) is 0 Å². The highest BCUT2D eigenvalue weighted by molar-refractivity contribution is 5.74. The molecule has 0 fully saturated rings. The van der Waals surface area contributed by atoms with E-state index in [0.29, 0.717) is 0 Å². The molecule has 0 spiro atoms. The quantitative estimate of drug-likeness (QED) is 0.760. The van der Waals surface area contributed by atoms with Crippen molar-refractivity contribution < 1.29 is 23.4 Å². The van der Waals surface area contributed by atoms with Crippen LogP contribution in [0.4, 0.5) is 13.2 Å². The molecule has 2 nitrogen and oxygen atoms in total. The van der Waals surface area contributed by atoms with Crippen LogP contribution >= 0.6 is 0 Å². The molecule has 0 heterocycles. The number of phenolic OH excluding ortho intramolecular Hbond substituents is 2. The van der Waals surface area contributed by atoms with Crippen LogP contribution in [0, 0.1) is 0 Å². The lowest BCUT2D eigenvalue weighted by Gasteiger charge is -2.13. The molecule has 0 radical (unpaired) electrons. The molecule has 5 heteroatoms. The molecule has 0 bridgehead atoms. The van der Waals surface area contributed by atoms with E-state index in [9.17, 15) is 23.4 Å². The van der Waals surface area contributed by atoms with E-state index in [2.05, 4.69) is 0 Å². The van der Waals surface area contributed by atoms with Gasteiger partial charge in [0.15, 0.2) is 0 Å². The standard InChI is InChI=1S/C13H9F3O2/c14-13(15,16)11-4-2-1-3-9(11)10-7-8(17)5-6-12(10)18/h1-7,17-18H. The van der Waals surface area contributed by atoms with Crippen molar-refractivity contribution >= 4 is 0 Å². The fraction of sp³-hybridized carbons (Fsp3) is 0.0769. The average molecular weight is 254 g/mol. The number of aromatic hydroxyl groups is 2. The predicted molar refractivity (Wildman–Crippen MR) is 60.2 cm³/mol. The second-order valence-corrected chi connectivity index (χ2v) is 3.74. The average Bonchev–Trinajstić information content (AvgIpc) is 2.31. The summed E-state index contributed by atoms with van der Waals surface area (Å²) in [6.07, 6.45) is -4.52. The first-order valence-electron chi connectivity index (χ1n) is 5.08. The van der Waals surface area contributed by atoms with Crippen molar-refractivity contribution in [3.05, 3.63) is 48.0 Å². The van der Waals surface area contributed by atoms with E-state index in [-0.39, 0.29) is 22.6 Å². The minimum Gasteiger partial charge on any atom is -0.508 e. The van der Waals surface area contributed by atoms with E-state index in [0.717, 1.165) is 18.2 Å². The Morgan fingerprint density at radius 3 is 2.17 bits per heavy atom. The molecule has 2 aromatic rings. The fourth-order valence-electron chi connectivity index (χ4n) is 1.70. The van der Waals surface area contributed by atoms with Gasteiger partial charge in [0.05, 0.1) is 5.56 Å². The Balaban J connectivity index is 2.68. The molecule has 0 aromatic heterocycles. The Kier molecular flexibility index (Phi) is 2.90. The molecule has 2 aromatic carbocycles. The molecule has 0 atom stereocenters. The second kappa shape index (κ2) is 4.25. The van der Waals surface area contributed by atoms with Gasteiger partial charge in [-0.3, -0.25) is 0 Å². The molecule has 94 valence electrons. The molecule has 2 N–H and O–H groups in total. The Labute approximate surface area is 101 Å².